The van der Waals surface area contributed by atoms with Crippen LogP contribution in [0.1, 0.15) is 25.0 Å². The monoisotopic (exact) mass is 599 g/mol. The van der Waals surface area contributed by atoms with Gasteiger partial charge in [0.2, 0.25) is 5.91 Å². The highest BCUT2D eigenvalue weighted by molar-refractivity contribution is 6.08. The molecule has 3 unspecified atom stereocenters. The molecule has 0 spiro atoms. The fourth-order valence-electron chi connectivity index (χ4n) is 6.13. The molecule has 44 heavy (non-hydrogen) atoms. The fraction of sp³-hybridized carbons (Fsp3) is 0.294. The maximum atomic E-state index is 13.4. The van der Waals surface area contributed by atoms with Crippen molar-refractivity contribution in [2.45, 2.75) is 19.9 Å². The van der Waals surface area contributed by atoms with Crippen LogP contribution in [-0.2, 0) is 38.4 Å². The number of hydrogen-bond acceptors (Lipinski definition) is 9. The number of carbonyl (C=O) groups is 4. The molecule has 2 aromatic carbocycles. The SMILES string of the molecule is C=CCOOC(=O)C(C)C1C(=O)N2C(C(=O)OCC=C)=C(COc3cccc4c3-c3ccccc3C4=CC(=O)OC)[C@H](C)C12. The fourth-order valence-corrected chi connectivity index (χ4v) is 6.13. The molecule has 228 valence electrons. The molecule has 10 nitrogen and oxygen atoms in total. The van der Waals surface area contributed by atoms with Crippen molar-refractivity contribution < 1.29 is 43.2 Å². The molecule has 2 aromatic rings. The maximum absolute atomic E-state index is 13.4. The lowest BCUT2D eigenvalue weighted by Gasteiger charge is -2.47. The van der Waals surface area contributed by atoms with Gasteiger partial charge in [-0.25, -0.2) is 14.4 Å². The van der Waals surface area contributed by atoms with Crippen molar-refractivity contribution in [3.05, 3.63) is 96.2 Å². The Bertz CT molecular complexity index is 1600. The predicted molar refractivity (Wildman–Crippen MR) is 159 cm³/mol. The van der Waals surface area contributed by atoms with Crippen molar-refractivity contribution in [3.8, 4) is 16.9 Å². The van der Waals surface area contributed by atoms with E-state index in [9.17, 15) is 19.2 Å². The average Bonchev–Trinajstić information content (AvgIpc) is 3.48. The van der Waals surface area contributed by atoms with Gasteiger partial charge in [-0.3, -0.25) is 9.68 Å². The van der Waals surface area contributed by atoms with Gasteiger partial charge in [-0.15, -0.1) is 6.58 Å². The van der Waals surface area contributed by atoms with Crippen molar-refractivity contribution in [3.63, 3.8) is 0 Å². The number of rotatable bonds is 12. The summed E-state index contributed by atoms with van der Waals surface area (Å²) in [6.07, 6.45) is 4.33. The van der Waals surface area contributed by atoms with Gasteiger partial charge >= 0.3 is 17.9 Å². The first-order valence-corrected chi connectivity index (χ1v) is 14.2. The van der Waals surface area contributed by atoms with E-state index in [1.165, 1.54) is 30.2 Å². The molecule has 1 aliphatic carbocycles. The van der Waals surface area contributed by atoms with Crippen molar-refractivity contribution >= 4 is 29.4 Å². The second kappa shape index (κ2) is 12.7. The highest BCUT2D eigenvalue weighted by atomic mass is 17.2. The Balaban J connectivity index is 1.46. The van der Waals surface area contributed by atoms with Gasteiger partial charge in [0.15, 0.2) is 0 Å². The van der Waals surface area contributed by atoms with E-state index in [1.807, 2.05) is 49.4 Å². The van der Waals surface area contributed by atoms with Crippen molar-refractivity contribution in [2.75, 3.05) is 26.9 Å². The Kier molecular flexibility index (Phi) is 8.82. The Hall–Kier alpha value is -4.96. The number of ether oxygens (including phenoxy) is 3. The second-order valence-corrected chi connectivity index (χ2v) is 10.6. The molecule has 4 atom stereocenters. The molecule has 2 heterocycles. The van der Waals surface area contributed by atoms with Crippen LogP contribution in [0, 0.1) is 17.8 Å². The van der Waals surface area contributed by atoms with Gasteiger partial charge in [0.1, 0.15) is 31.3 Å². The topological polar surface area (TPSA) is 118 Å². The van der Waals surface area contributed by atoms with Gasteiger partial charge in [0.25, 0.3) is 0 Å². The number of benzene rings is 2. The zero-order valence-corrected chi connectivity index (χ0v) is 24.7. The lowest BCUT2D eigenvalue weighted by atomic mass is 9.74. The van der Waals surface area contributed by atoms with Crippen LogP contribution >= 0.6 is 0 Å². The molecule has 0 saturated carbocycles. The van der Waals surface area contributed by atoms with E-state index in [-0.39, 0.29) is 37.3 Å². The minimum absolute atomic E-state index is 0.0129. The lowest BCUT2D eigenvalue weighted by molar-refractivity contribution is -0.271. The minimum Gasteiger partial charge on any atom is -0.488 e. The van der Waals surface area contributed by atoms with Crippen LogP contribution < -0.4 is 4.74 Å². The third kappa shape index (κ3) is 5.22. The molecular formula is C34H33NO9. The summed E-state index contributed by atoms with van der Waals surface area (Å²) in [6, 6.07) is 12.7. The van der Waals surface area contributed by atoms with Crippen LogP contribution in [0.5, 0.6) is 5.75 Å². The standard InChI is InChI=1S/C34H33NO9/c1-6-15-41-34(39)31-25(19(3)30-28(32(37)35(30)31)20(4)33(38)44-43-16-7-2)18-42-26-14-10-13-23-24(17-27(36)40-5)21-11-8-9-12-22(21)29(23)26/h6-14,17,19-20,28,30H,1-2,15-16,18H2,3-5H3/t19-,20?,28?,30?/m0/s1. The van der Waals surface area contributed by atoms with E-state index in [0.29, 0.717) is 16.9 Å². The normalized spacial score (nSPS) is 21.1. The quantitative estimate of drug-likeness (QED) is 0.0568. The van der Waals surface area contributed by atoms with Crippen LogP contribution in [-0.4, -0.2) is 61.7 Å². The predicted octanol–water partition coefficient (Wildman–Crippen LogP) is 4.41. The number of esters is 2. The van der Waals surface area contributed by atoms with E-state index in [1.54, 1.807) is 6.92 Å². The van der Waals surface area contributed by atoms with E-state index >= 15 is 0 Å². The van der Waals surface area contributed by atoms with E-state index < -0.39 is 35.8 Å². The molecule has 0 radical (unpaired) electrons. The lowest BCUT2D eigenvalue weighted by Crippen LogP contribution is -2.63. The molecule has 1 fully saturated rings. The maximum Gasteiger partial charge on any atom is 0.355 e. The van der Waals surface area contributed by atoms with E-state index in [2.05, 4.69) is 13.2 Å². The molecule has 3 aliphatic rings. The Morgan fingerprint density at radius 3 is 2.41 bits per heavy atom. The van der Waals surface area contributed by atoms with E-state index in [4.69, 9.17) is 24.0 Å². The van der Waals surface area contributed by atoms with Gasteiger partial charge in [-0.05, 0) is 28.3 Å². The number of β-lactam (4-membered cyclic amide) rings is 1. The highest BCUT2D eigenvalue weighted by Gasteiger charge is 2.61. The third-order valence-electron chi connectivity index (χ3n) is 8.21. The molecule has 5 rings (SSSR count). The van der Waals surface area contributed by atoms with Crippen LogP contribution in [0.25, 0.3) is 16.7 Å². The molecule has 0 N–H and O–H groups in total. The molecule has 0 bridgehead atoms. The van der Waals surface area contributed by atoms with Gasteiger partial charge in [0.05, 0.1) is 25.0 Å². The first-order chi connectivity index (χ1) is 21.2. The van der Waals surface area contributed by atoms with Gasteiger partial charge in [0, 0.05) is 23.1 Å². The Labute approximate surface area is 255 Å². The van der Waals surface area contributed by atoms with Crippen LogP contribution in [0.2, 0.25) is 0 Å². The summed E-state index contributed by atoms with van der Waals surface area (Å²) < 4.78 is 16.7. The molecule has 1 saturated heterocycles. The first-order valence-electron chi connectivity index (χ1n) is 14.2. The molecule has 0 aromatic heterocycles. The summed E-state index contributed by atoms with van der Waals surface area (Å²) in [7, 11) is 1.33. The number of carbonyl (C=O) groups excluding carboxylic acids is 4. The zero-order chi connectivity index (χ0) is 31.5. The van der Waals surface area contributed by atoms with Gasteiger partial charge in [-0.1, -0.05) is 69.0 Å². The number of amides is 1. The Morgan fingerprint density at radius 1 is 1.00 bits per heavy atom. The highest BCUT2D eigenvalue weighted by Crippen LogP contribution is 2.51. The van der Waals surface area contributed by atoms with Crippen LogP contribution in [0.4, 0.5) is 0 Å². The summed E-state index contributed by atoms with van der Waals surface area (Å²) in [5.74, 6) is -3.59. The Morgan fingerprint density at radius 2 is 1.70 bits per heavy atom. The zero-order valence-electron chi connectivity index (χ0n) is 24.7. The summed E-state index contributed by atoms with van der Waals surface area (Å²) in [4.78, 5) is 62.6. The van der Waals surface area contributed by atoms with Crippen LogP contribution in [0.15, 0.2) is 85.1 Å². The van der Waals surface area contributed by atoms with Gasteiger partial charge in [-0.2, -0.15) is 4.89 Å². The van der Waals surface area contributed by atoms with Crippen molar-refractivity contribution in [2.24, 2.45) is 17.8 Å². The first kappa shape index (κ1) is 30.5. The summed E-state index contributed by atoms with van der Waals surface area (Å²) in [5, 5.41) is 0. The van der Waals surface area contributed by atoms with Crippen molar-refractivity contribution in [1.29, 1.82) is 0 Å². The minimum atomic E-state index is -0.823. The number of hydrogen-bond donors (Lipinski definition) is 0. The largest absolute Gasteiger partial charge is 0.488 e. The van der Waals surface area contributed by atoms with E-state index in [0.717, 1.165) is 22.3 Å². The smallest absolute Gasteiger partial charge is 0.355 e. The summed E-state index contributed by atoms with van der Waals surface area (Å²) in [6.45, 7) is 10.5. The second-order valence-electron chi connectivity index (χ2n) is 10.6. The molecule has 1 amide bonds. The number of nitrogens with zero attached hydrogens (tertiary/aromatic N) is 1. The average molecular weight is 600 g/mol. The molecular weight excluding hydrogens is 566 g/mol. The molecule has 2 aliphatic heterocycles. The number of fused-ring (bicyclic) bond motifs is 4. The molecule has 10 heteroatoms. The van der Waals surface area contributed by atoms with Crippen LogP contribution in [0.3, 0.4) is 0 Å². The summed E-state index contributed by atoms with van der Waals surface area (Å²) in [5.41, 5.74) is 4.74. The number of methoxy groups -OCH3 is 1. The van der Waals surface area contributed by atoms with Gasteiger partial charge < -0.3 is 19.1 Å². The van der Waals surface area contributed by atoms with Crippen molar-refractivity contribution in [1.82, 2.24) is 4.90 Å². The summed E-state index contributed by atoms with van der Waals surface area (Å²) >= 11 is 0. The third-order valence-corrected chi connectivity index (χ3v) is 8.21.